The van der Waals surface area contributed by atoms with Gasteiger partial charge in [-0.2, -0.15) is 0 Å². The maximum Gasteiger partial charge on any atom is 0.261 e. The second kappa shape index (κ2) is 9.58. The first kappa shape index (κ1) is 22.6. The molecule has 0 aromatic carbocycles. The van der Waals surface area contributed by atoms with Gasteiger partial charge in [-0.05, 0) is 25.0 Å². The molecule has 4 heterocycles. The summed E-state index contributed by atoms with van der Waals surface area (Å²) in [7, 11) is 0. The Hall–Kier alpha value is -2.20. The van der Waals surface area contributed by atoms with Gasteiger partial charge in [0.1, 0.15) is 12.9 Å². The number of aromatic nitrogens is 2. The molecule has 174 valence electrons. The Kier molecular flexibility index (Phi) is 6.56. The van der Waals surface area contributed by atoms with Crippen molar-refractivity contribution in [1.29, 1.82) is 0 Å². The van der Waals surface area contributed by atoms with Gasteiger partial charge in [0.25, 0.3) is 5.91 Å². The van der Waals surface area contributed by atoms with Gasteiger partial charge in [-0.15, -0.1) is 22.9 Å². The second-order valence-corrected chi connectivity index (χ2v) is 10.4. The molecule has 0 radical (unpaired) electrons. The fourth-order valence-electron chi connectivity index (χ4n) is 5.29. The summed E-state index contributed by atoms with van der Waals surface area (Å²) in [4.78, 5) is 49.8. The van der Waals surface area contributed by atoms with E-state index < -0.39 is 0 Å². The first-order chi connectivity index (χ1) is 16.0. The zero-order valence-electron chi connectivity index (χ0n) is 18.0. The summed E-state index contributed by atoms with van der Waals surface area (Å²) >= 11 is 7.80. The van der Waals surface area contributed by atoms with E-state index in [-0.39, 0.29) is 60.1 Å². The molecule has 2 saturated heterocycles. The number of Topliss-reactive ketones (excluding diaryl/α,β-unsaturated/α-hetero) is 2. The molecule has 3 aliphatic rings. The molecular weight excluding hydrogens is 464 g/mol. The van der Waals surface area contributed by atoms with E-state index in [4.69, 9.17) is 16.3 Å². The zero-order chi connectivity index (χ0) is 22.9. The van der Waals surface area contributed by atoms with E-state index in [2.05, 4.69) is 20.2 Å². The van der Waals surface area contributed by atoms with Crippen LogP contribution in [0.25, 0.3) is 10.4 Å². The molecule has 1 N–H and O–H groups in total. The molecule has 1 amide bonds. The summed E-state index contributed by atoms with van der Waals surface area (Å²) in [6.07, 6.45) is 8.14. The van der Waals surface area contributed by atoms with Crippen molar-refractivity contribution in [3.8, 4) is 10.4 Å². The lowest BCUT2D eigenvalue weighted by Crippen LogP contribution is -2.52. The van der Waals surface area contributed by atoms with E-state index in [9.17, 15) is 14.4 Å². The predicted octanol–water partition coefficient (Wildman–Crippen LogP) is 2.32. The average Bonchev–Trinajstić information content (AvgIpc) is 3.56. The summed E-state index contributed by atoms with van der Waals surface area (Å²) < 4.78 is 5.61. The van der Waals surface area contributed by atoms with Gasteiger partial charge in [-0.25, -0.2) is 9.97 Å². The van der Waals surface area contributed by atoms with Crippen molar-refractivity contribution in [1.82, 2.24) is 20.2 Å². The molecule has 1 saturated carbocycles. The summed E-state index contributed by atoms with van der Waals surface area (Å²) in [5.74, 6) is -0.451. The van der Waals surface area contributed by atoms with Crippen LogP contribution in [0.4, 0.5) is 0 Å². The molecule has 8 nitrogen and oxygen atoms in total. The van der Waals surface area contributed by atoms with Crippen molar-refractivity contribution in [2.75, 3.05) is 19.7 Å². The molecule has 2 aliphatic heterocycles. The van der Waals surface area contributed by atoms with Gasteiger partial charge in [0.15, 0.2) is 11.6 Å². The number of carbonyl (C=O) groups excluding carboxylic acids is 3. The van der Waals surface area contributed by atoms with Crippen molar-refractivity contribution in [2.45, 2.75) is 49.2 Å². The summed E-state index contributed by atoms with van der Waals surface area (Å²) in [5, 5.41) is 2.54. The minimum Gasteiger partial charge on any atom is -0.367 e. The Labute approximate surface area is 200 Å². The number of amides is 1. The number of halogens is 1. The number of fused-ring (bicyclic) bond motifs is 1. The fourth-order valence-corrected chi connectivity index (χ4v) is 6.55. The minimum atomic E-state index is -0.355. The molecule has 33 heavy (non-hydrogen) atoms. The number of nitrogens with zero attached hydrogens (tertiary/aromatic N) is 3. The quantitative estimate of drug-likeness (QED) is 0.622. The molecule has 0 bridgehead atoms. The number of alkyl halides is 1. The molecule has 5 atom stereocenters. The highest BCUT2D eigenvalue weighted by atomic mass is 35.5. The summed E-state index contributed by atoms with van der Waals surface area (Å²) in [6.45, 7) is 0.608. The third kappa shape index (κ3) is 4.47. The molecule has 1 unspecified atom stereocenters. The minimum absolute atomic E-state index is 0.00206. The van der Waals surface area contributed by atoms with Gasteiger partial charge < -0.3 is 10.1 Å². The molecule has 2 aromatic heterocycles. The topological polar surface area (TPSA) is 101 Å². The monoisotopic (exact) mass is 488 g/mol. The number of ether oxygens (including phenoxy) is 1. The maximum absolute atomic E-state index is 13.2. The van der Waals surface area contributed by atoms with Crippen LogP contribution in [0.1, 0.15) is 35.4 Å². The maximum atomic E-state index is 13.2. The Morgan fingerprint density at radius 3 is 2.82 bits per heavy atom. The highest BCUT2D eigenvalue weighted by Crippen LogP contribution is 2.38. The van der Waals surface area contributed by atoms with E-state index >= 15 is 0 Å². The predicted molar refractivity (Wildman–Crippen MR) is 123 cm³/mol. The molecule has 0 spiro atoms. The number of likely N-dealkylation sites (tertiary alicyclic amines) is 1. The lowest BCUT2D eigenvalue weighted by molar-refractivity contribution is -0.128. The smallest absolute Gasteiger partial charge is 0.261 e. The summed E-state index contributed by atoms with van der Waals surface area (Å²) in [5.41, 5.74) is 0.842. The van der Waals surface area contributed by atoms with Gasteiger partial charge in [-0.1, -0.05) is 12.8 Å². The van der Waals surface area contributed by atoms with Crippen LogP contribution >= 0.6 is 22.9 Å². The SMILES string of the molecule is O=C(NCC(=O)[C@H]1CCCCC1N1C[C@H](Cl)[C@H]2OCC(=O)[C@H]21)c1ccc(-c2cncnc2)s1. The average molecular weight is 489 g/mol. The van der Waals surface area contributed by atoms with Gasteiger partial charge in [-0.3, -0.25) is 19.3 Å². The van der Waals surface area contributed by atoms with Crippen LogP contribution in [0, 0.1) is 5.92 Å². The van der Waals surface area contributed by atoms with Gasteiger partial charge in [0.2, 0.25) is 0 Å². The van der Waals surface area contributed by atoms with E-state index in [0.717, 1.165) is 36.1 Å². The van der Waals surface area contributed by atoms with Gasteiger partial charge in [0, 0.05) is 41.3 Å². The van der Waals surface area contributed by atoms with Crippen LogP contribution in [-0.4, -0.2) is 75.6 Å². The number of hydrogen-bond acceptors (Lipinski definition) is 8. The van der Waals surface area contributed by atoms with E-state index in [0.29, 0.717) is 11.4 Å². The van der Waals surface area contributed by atoms with Crippen molar-refractivity contribution in [2.24, 2.45) is 5.92 Å². The number of hydrogen-bond donors (Lipinski definition) is 1. The molecule has 3 fully saturated rings. The first-order valence-electron chi connectivity index (χ1n) is 11.2. The summed E-state index contributed by atoms with van der Waals surface area (Å²) in [6, 6.07) is 3.19. The Balaban J connectivity index is 1.23. The lowest BCUT2D eigenvalue weighted by atomic mass is 9.80. The van der Waals surface area contributed by atoms with Crippen LogP contribution in [0.5, 0.6) is 0 Å². The molecule has 2 aromatic rings. The number of thiophene rings is 1. The Morgan fingerprint density at radius 2 is 2.00 bits per heavy atom. The van der Waals surface area contributed by atoms with Crippen LogP contribution in [0.15, 0.2) is 30.9 Å². The molecule has 1 aliphatic carbocycles. The third-order valence-electron chi connectivity index (χ3n) is 6.83. The van der Waals surface area contributed by atoms with Crippen molar-refractivity contribution >= 4 is 40.4 Å². The molecule has 5 rings (SSSR count). The van der Waals surface area contributed by atoms with Crippen molar-refractivity contribution < 1.29 is 19.1 Å². The Morgan fingerprint density at radius 1 is 1.21 bits per heavy atom. The molecule has 10 heteroatoms. The number of nitrogens with one attached hydrogen (secondary N) is 1. The fraction of sp³-hybridized carbons (Fsp3) is 0.522. The van der Waals surface area contributed by atoms with Crippen LogP contribution in [0.3, 0.4) is 0 Å². The van der Waals surface area contributed by atoms with E-state index in [1.165, 1.54) is 17.7 Å². The third-order valence-corrected chi connectivity index (χ3v) is 8.34. The van der Waals surface area contributed by atoms with E-state index in [1.807, 2.05) is 6.07 Å². The number of carbonyl (C=O) groups is 3. The first-order valence-corrected chi connectivity index (χ1v) is 12.5. The highest BCUT2D eigenvalue weighted by Gasteiger charge is 2.53. The van der Waals surface area contributed by atoms with Crippen LogP contribution < -0.4 is 5.32 Å². The normalized spacial score (nSPS) is 29.7. The molecular formula is C23H25ClN4O4S. The van der Waals surface area contributed by atoms with Crippen LogP contribution in [-0.2, 0) is 14.3 Å². The number of ketones is 2. The lowest BCUT2D eigenvalue weighted by Gasteiger charge is -2.39. The second-order valence-electron chi connectivity index (χ2n) is 8.80. The standard InChI is InChI=1S/C23H25ClN4O4S/c24-15-10-28(21-18(30)11-32-22(15)21)16-4-2-1-3-14(16)17(29)9-27-23(31)20-6-5-19(33-20)13-7-25-12-26-8-13/h5-8,12,14-16,21-22H,1-4,9-11H2,(H,27,31)/t14-,15-,16?,21+,22+/m0/s1. The van der Waals surface area contributed by atoms with Gasteiger partial charge >= 0.3 is 0 Å². The largest absolute Gasteiger partial charge is 0.367 e. The van der Waals surface area contributed by atoms with Gasteiger partial charge in [0.05, 0.1) is 28.9 Å². The zero-order valence-corrected chi connectivity index (χ0v) is 19.6. The van der Waals surface area contributed by atoms with Crippen LogP contribution in [0.2, 0.25) is 0 Å². The van der Waals surface area contributed by atoms with E-state index in [1.54, 1.807) is 18.5 Å². The number of rotatable bonds is 6. The highest BCUT2D eigenvalue weighted by molar-refractivity contribution is 7.17. The Bertz CT molecular complexity index is 1050. The van der Waals surface area contributed by atoms with Crippen molar-refractivity contribution in [3.63, 3.8) is 0 Å². The van der Waals surface area contributed by atoms with Crippen molar-refractivity contribution in [3.05, 3.63) is 35.7 Å².